The molecule has 94 valence electrons. The van der Waals surface area contributed by atoms with E-state index in [1.807, 2.05) is 59.2 Å². The van der Waals surface area contributed by atoms with Gasteiger partial charge < -0.3 is 4.57 Å². The van der Waals surface area contributed by atoms with Gasteiger partial charge in [0.25, 0.3) is 0 Å². The van der Waals surface area contributed by atoms with Crippen molar-refractivity contribution in [2.24, 2.45) is 0 Å². The summed E-state index contributed by atoms with van der Waals surface area (Å²) < 4.78 is 2.02. The lowest BCUT2D eigenvalue weighted by molar-refractivity contribution is 0.111. The van der Waals surface area contributed by atoms with E-state index in [1.54, 1.807) is 0 Å². The smallest absolute Gasteiger partial charge is 0.166 e. The average molecular weight is 270 g/mol. The summed E-state index contributed by atoms with van der Waals surface area (Å²) in [5.41, 5.74) is 2.88. The van der Waals surface area contributed by atoms with E-state index in [0.29, 0.717) is 12.2 Å². The Bertz CT molecular complexity index is 728. The summed E-state index contributed by atoms with van der Waals surface area (Å²) in [6.07, 6.45) is 0.899. The van der Waals surface area contributed by atoms with Crippen molar-refractivity contribution in [2.75, 3.05) is 0 Å². The molecule has 0 radical (unpaired) electrons. The van der Waals surface area contributed by atoms with Gasteiger partial charge in [-0.05, 0) is 29.8 Å². The maximum Gasteiger partial charge on any atom is 0.166 e. The summed E-state index contributed by atoms with van der Waals surface area (Å²) in [6.45, 7) is 0.665. The number of rotatable bonds is 3. The molecule has 0 fully saturated rings. The molecule has 1 aromatic heterocycles. The predicted octanol–water partition coefficient (Wildman–Crippen LogP) is 4.16. The van der Waals surface area contributed by atoms with Gasteiger partial charge in [0.05, 0.1) is 5.69 Å². The van der Waals surface area contributed by atoms with Crippen LogP contribution in [0.4, 0.5) is 0 Å². The molecule has 1 heterocycles. The van der Waals surface area contributed by atoms with Crippen LogP contribution in [-0.4, -0.2) is 10.9 Å². The maximum atomic E-state index is 11.2. The number of hydrogen-bond acceptors (Lipinski definition) is 1. The minimum Gasteiger partial charge on any atom is -0.334 e. The van der Waals surface area contributed by atoms with Gasteiger partial charge in [-0.15, -0.1) is 0 Å². The number of aldehydes is 1. The molecule has 0 bridgehead atoms. The van der Waals surface area contributed by atoms with E-state index in [9.17, 15) is 4.79 Å². The maximum absolute atomic E-state index is 11.2. The zero-order valence-electron chi connectivity index (χ0n) is 10.2. The first-order valence-corrected chi connectivity index (χ1v) is 6.43. The number of aromatic nitrogens is 1. The highest BCUT2D eigenvalue weighted by Gasteiger charge is 2.07. The number of carbonyl (C=O) groups is 1. The molecule has 19 heavy (non-hydrogen) atoms. The molecule has 0 spiro atoms. The third kappa shape index (κ3) is 2.27. The molecule has 0 aliphatic rings. The lowest BCUT2D eigenvalue weighted by atomic mass is 10.2. The van der Waals surface area contributed by atoms with Gasteiger partial charge in [0, 0.05) is 22.5 Å². The highest BCUT2D eigenvalue weighted by atomic mass is 35.5. The van der Waals surface area contributed by atoms with Crippen molar-refractivity contribution in [2.45, 2.75) is 6.54 Å². The van der Waals surface area contributed by atoms with E-state index in [-0.39, 0.29) is 0 Å². The Morgan fingerprint density at radius 1 is 1.05 bits per heavy atom. The number of nitrogens with zero attached hydrogens (tertiary/aromatic N) is 1. The molecule has 3 rings (SSSR count). The zero-order chi connectivity index (χ0) is 13.2. The summed E-state index contributed by atoms with van der Waals surface area (Å²) in [4.78, 5) is 11.2. The molecular weight excluding hydrogens is 258 g/mol. The zero-order valence-corrected chi connectivity index (χ0v) is 11.0. The fourth-order valence-corrected chi connectivity index (χ4v) is 2.40. The Kier molecular flexibility index (Phi) is 3.10. The van der Waals surface area contributed by atoms with Crippen LogP contribution < -0.4 is 0 Å². The second-order valence-electron chi connectivity index (χ2n) is 4.46. The van der Waals surface area contributed by atoms with Gasteiger partial charge in [0.15, 0.2) is 6.29 Å². The topological polar surface area (TPSA) is 22.0 Å². The van der Waals surface area contributed by atoms with E-state index < -0.39 is 0 Å². The molecule has 2 nitrogen and oxygen atoms in total. The summed E-state index contributed by atoms with van der Waals surface area (Å²) in [5, 5.41) is 1.80. The summed E-state index contributed by atoms with van der Waals surface area (Å²) >= 11 is 5.88. The first kappa shape index (κ1) is 12.0. The largest absolute Gasteiger partial charge is 0.334 e. The number of carbonyl (C=O) groups excluding carboxylic acids is 1. The lowest BCUT2D eigenvalue weighted by Gasteiger charge is -2.08. The summed E-state index contributed by atoms with van der Waals surface area (Å²) in [6, 6.07) is 17.6. The van der Waals surface area contributed by atoms with Crippen molar-refractivity contribution in [1.82, 2.24) is 4.57 Å². The van der Waals surface area contributed by atoms with Crippen molar-refractivity contribution in [3.63, 3.8) is 0 Å². The van der Waals surface area contributed by atoms with Gasteiger partial charge in [-0.25, -0.2) is 0 Å². The number of halogens is 1. The van der Waals surface area contributed by atoms with Crippen molar-refractivity contribution in [3.05, 3.63) is 70.9 Å². The van der Waals surface area contributed by atoms with Gasteiger partial charge in [-0.1, -0.05) is 41.9 Å². The molecule has 0 aliphatic carbocycles. The number of fused-ring (bicyclic) bond motifs is 1. The molecule has 3 aromatic rings. The van der Waals surface area contributed by atoms with Crippen molar-refractivity contribution in [3.8, 4) is 0 Å². The SMILES string of the molecule is O=Cc1cc2ccccc2n1Cc1ccc(Cl)cc1. The molecule has 2 aromatic carbocycles. The first-order valence-electron chi connectivity index (χ1n) is 6.06. The van der Waals surface area contributed by atoms with E-state index in [1.165, 1.54) is 0 Å². The Hall–Kier alpha value is -2.06. The van der Waals surface area contributed by atoms with Crippen LogP contribution in [0.15, 0.2) is 54.6 Å². The Morgan fingerprint density at radius 2 is 1.79 bits per heavy atom. The van der Waals surface area contributed by atoms with E-state index in [4.69, 9.17) is 11.6 Å². The van der Waals surface area contributed by atoms with Gasteiger partial charge in [0.1, 0.15) is 0 Å². The monoisotopic (exact) mass is 269 g/mol. The van der Waals surface area contributed by atoms with Crippen LogP contribution in [0.3, 0.4) is 0 Å². The number of para-hydroxylation sites is 1. The predicted molar refractivity (Wildman–Crippen MR) is 77.9 cm³/mol. The molecule has 0 atom stereocenters. The van der Waals surface area contributed by atoms with Crippen molar-refractivity contribution < 1.29 is 4.79 Å². The highest BCUT2D eigenvalue weighted by molar-refractivity contribution is 6.30. The molecule has 0 saturated carbocycles. The summed E-state index contributed by atoms with van der Waals surface area (Å²) in [5.74, 6) is 0. The normalized spacial score (nSPS) is 10.8. The van der Waals surface area contributed by atoms with Crippen molar-refractivity contribution in [1.29, 1.82) is 0 Å². The molecule has 3 heteroatoms. The van der Waals surface area contributed by atoms with Gasteiger partial charge in [-0.2, -0.15) is 0 Å². The molecular formula is C16H12ClNO. The van der Waals surface area contributed by atoms with Crippen molar-refractivity contribution >= 4 is 28.8 Å². The molecule has 0 amide bonds. The third-order valence-corrected chi connectivity index (χ3v) is 3.47. The van der Waals surface area contributed by atoms with Crippen LogP contribution in [0.25, 0.3) is 10.9 Å². The van der Waals surface area contributed by atoms with E-state index >= 15 is 0 Å². The first-order chi connectivity index (χ1) is 9.28. The lowest BCUT2D eigenvalue weighted by Crippen LogP contribution is -2.03. The summed E-state index contributed by atoms with van der Waals surface area (Å²) in [7, 11) is 0. The van der Waals surface area contributed by atoms with Crippen LogP contribution in [0, 0.1) is 0 Å². The van der Waals surface area contributed by atoms with Crippen LogP contribution in [0.5, 0.6) is 0 Å². The van der Waals surface area contributed by atoms with Gasteiger partial charge in [-0.3, -0.25) is 4.79 Å². The van der Waals surface area contributed by atoms with Crippen LogP contribution in [-0.2, 0) is 6.54 Å². The fraction of sp³-hybridized carbons (Fsp3) is 0.0625. The minimum atomic E-state index is 0.665. The standard InChI is InChI=1S/C16H12ClNO/c17-14-7-5-12(6-8-14)10-18-15(11-19)9-13-3-1-2-4-16(13)18/h1-9,11H,10H2. The second kappa shape index (κ2) is 4.90. The van der Waals surface area contributed by atoms with Crippen LogP contribution in [0.2, 0.25) is 5.02 Å². The third-order valence-electron chi connectivity index (χ3n) is 3.22. The number of hydrogen-bond donors (Lipinski definition) is 0. The Labute approximate surface area is 116 Å². The highest BCUT2D eigenvalue weighted by Crippen LogP contribution is 2.20. The van der Waals surface area contributed by atoms with Crippen LogP contribution in [0.1, 0.15) is 16.1 Å². The molecule has 0 saturated heterocycles. The second-order valence-corrected chi connectivity index (χ2v) is 4.89. The Balaban J connectivity index is 2.08. The van der Waals surface area contributed by atoms with E-state index in [2.05, 4.69) is 0 Å². The van der Waals surface area contributed by atoms with Gasteiger partial charge >= 0.3 is 0 Å². The van der Waals surface area contributed by atoms with E-state index in [0.717, 1.165) is 27.8 Å². The number of benzene rings is 2. The average Bonchev–Trinajstić information content (AvgIpc) is 2.79. The van der Waals surface area contributed by atoms with Gasteiger partial charge in [0.2, 0.25) is 0 Å². The molecule has 0 aliphatic heterocycles. The Morgan fingerprint density at radius 3 is 2.53 bits per heavy atom. The molecule has 0 N–H and O–H groups in total. The van der Waals surface area contributed by atoms with Crippen LogP contribution >= 0.6 is 11.6 Å². The quantitative estimate of drug-likeness (QED) is 0.655. The fourth-order valence-electron chi connectivity index (χ4n) is 2.28. The minimum absolute atomic E-state index is 0.665. The molecule has 0 unspecified atom stereocenters.